The molecule has 0 spiro atoms. The molecule has 0 saturated carbocycles. The number of hydrogen-bond acceptors (Lipinski definition) is 12. The number of rotatable bonds is 12. The van der Waals surface area contributed by atoms with Crippen LogP contribution in [0.3, 0.4) is 0 Å². The maximum atomic E-state index is 14.3. The molecule has 23 nitrogen and oxygen atoms in total. The summed E-state index contributed by atoms with van der Waals surface area (Å²) in [5.74, 6) is -7.33. The third-order valence-electron chi connectivity index (χ3n) is 13.0. The molecule has 0 aliphatic carbocycles. The number of nitrogens with one attached hydrogen (secondary N) is 8. The minimum atomic E-state index is -1.61. The third-order valence-corrected chi connectivity index (χ3v) is 13.0. The van der Waals surface area contributed by atoms with Crippen LogP contribution in [-0.2, 0) is 54.4 Å². The summed E-state index contributed by atoms with van der Waals surface area (Å²) < 4.78 is 0. The van der Waals surface area contributed by atoms with Crippen molar-refractivity contribution >= 4 is 70.0 Å². The van der Waals surface area contributed by atoms with Gasteiger partial charge >= 0.3 is 0 Å². The first-order valence-corrected chi connectivity index (χ1v) is 24.2. The number of nitrogens with two attached hydrogens (primary N) is 1. The van der Waals surface area contributed by atoms with Crippen molar-refractivity contribution in [3.63, 3.8) is 0 Å². The average molecular weight is 979 g/mol. The number of carbonyl (C=O) groups is 10. The predicted molar refractivity (Wildman–Crippen MR) is 255 cm³/mol. The van der Waals surface area contributed by atoms with E-state index < -0.39 is 120 Å². The molecule has 5 rings (SSSR count). The van der Waals surface area contributed by atoms with Crippen molar-refractivity contribution in [1.29, 1.82) is 0 Å². The van der Waals surface area contributed by atoms with Crippen molar-refractivity contribution in [2.45, 2.75) is 139 Å². The number of nitrogens with zero attached hydrogens (tertiary/aromatic N) is 3. The minimum Gasteiger partial charge on any atom is -0.387 e. The predicted octanol–water partition coefficient (Wildman–Crippen LogP) is -2.46. The van der Waals surface area contributed by atoms with Crippen LogP contribution in [0.15, 0.2) is 30.5 Å². The van der Waals surface area contributed by atoms with Gasteiger partial charge in [0.1, 0.15) is 54.9 Å². The summed E-state index contributed by atoms with van der Waals surface area (Å²) in [6.07, 6.45) is 4.19. The highest BCUT2D eigenvalue weighted by Crippen LogP contribution is 2.22. The SMILES string of the molecule is C[C@@H]1NC(=O)C[C@@H](C(=O)N2CCC[C@H]2C(N)=O)NC(=O)[C@@H](NC(=O)[C@@H]2CCCN2C(=O)CO)CCCCNC(=O)[C@H](C)NC(=O)[C@H](Cc2c[nH]c3ccccc23)NC(=O)[C@H](CCCCN(C)C)NC1=O. The Morgan fingerprint density at radius 2 is 1.43 bits per heavy atom. The Balaban J connectivity index is 1.45. The Morgan fingerprint density at radius 1 is 0.757 bits per heavy atom. The van der Waals surface area contributed by atoms with E-state index in [0.717, 1.165) is 10.9 Å². The van der Waals surface area contributed by atoms with Crippen LogP contribution in [0.4, 0.5) is 0 Å². The van der Waals surface area contributed by atoms with Gasteiger partial charge in [0.05, 0.1) is 6.42 Å². The summed E-state index contributed by atoms with van der Waals surface area (Å²) >= 11 is 0. The van der Waals surface area contributed by atoms with Gasteiger partial charge in [-0.1, -0.05) is 18.2 Å². The summed E-state index contributed by atoms with van der Waals surface area (Å²) in [4.78, 5) is 144. The molecule has 10 amide bonds. The molecule has 11 N–H and O–H groups in total. The van der Waals surface area contributed by atoms with E-state index in [9.17, 15) is 53.1 Å². The lowest BCUT2D eigenvalue weighted by Gasteiger charge is -2.30. The number of hydrogen-bond donors (Lipinski definition) is 10. The number of para-hydroxylation sites is 1. The molecule has 384 valence electrons. The Labute approximate surface area is 406 Å². The molecule has 3 saturated heterocycles. The van der Waals surface area contributed by atoms with Crippen LogP contribution >= 0.6 is 0 Å². The van der Waals surface area contributed by atoms with E-state index in [4.69, 9.17) is 5.73 Å². The standard InChI is InChI=1S/C47H70N12O11/c1-27-41(64)49-19-9-7-15-33(54-46(69)37-18-12-21-58(37)39(62)26-60)44(67)56-35(47(70)59-22-11-17-36(59)40(48)63)24-38(61)51-28(2)42(65)53-32(16-8-10-20-57(3)4)43(66)55-34(45(68)52-27)23-29-25-50-31-14-6-5-13-30(29)31/h5-6,13-14,25,27-28,32-37,50,60H,7-12,15-24,26H2,1-4H3,(H2,48,63)(H,49,64)(H,51,61)(H,52,68)(H,53,65)(H,54,69)(H,55,66)(H,56,67)/t27-,28-,32-,33-,34-,35-,36-,37-/m0/s1. The molecule has 3 fully saturated rings. The van der Waals surface area contributed by atoms with Gasteiger partial charge in [-0.05, 0) is 110 Å². The summed E-state index contributed by atoms with van der Waals surface area (Å²) in [5, 5.41) is 29.2. The molecule has 1 aromatic carbocycles. The third kappa shape index (κ3) is 14.9. The van der Waals surface area contributed by atoms with E-state index in [1.54, 1.807) is 6.20 Å². The molecule has 23 heteroatoms. The Bertz CT molecular complexity index is 2240. The number of amides is 10. The number of aliphatic hydroxyl groups is 1. The Kier molecular flexibility index (Phi) is 20.0. The number of benzene rings is 1. The van der Waals surface area contributed by atoms with Crippen LogP contribution in [0.5, 0.6) is 0 Å². The molecule has 8 atom stereocenters. The molecule has 2 aromatic rings. The number of carbonyl (C=O) groups excluding carboxylic acids is 10. The normalized spacial score (nSPS) is 26.1. The largest absolute Gasteiger partial charge is 0.387 e. The van der Waals surface area contributed by atoms with Gasteiger partial charge in [-0.25, -0.2) is 0 Å². The molecule has 0 radical (unpaired) electrons. The van der Waals surface area contributed by atoms with Crippen molar-refractivity contribution in [2.24, 2.45) is 5.73 Å². The van der Waals surface area contributed by atoms with Gasteiger partial charge in [0.25, 0.3) is 0 Å². The van der Waals surface area contributed by atoms with E-state index in [2.05, 4.69) is 42.2 Å². The highest BCUT2D eigenvalue weighted by atomic mass is 16.3. The van der Waals surface area contributed by atoms with Crippen LogP contribution in [0.1, 0.15) is 90.0 Å². The van der Waals surface area contributed by atoms with Crippen LogP contribution in [0.2, 0.25) is 0 Å². The zero-order chi connectivity index (χ0) is 51.1. The van der Waals surface area contributed by atoms with E-state index in [-0.39, 0.29) is 64.6 Å². The molecule has 0 bridgehead atoms. The molecular formula is C47H70N12O11. The fourth-order valence-corrected chi connectivity index (χ4v) is 9.08. The summed E-state index contributed by atoms with van der Waals surface area (Å²) in [6.45, 7) is 3.10. The van der Waals surface area contributed by atoms with Gasteiger partial charge in [-0.3, -0.25) is 47.9 Å². The lowest BCUT2D eigenvalue weighted by atomic mass is 10.0. The first-order valence-electron chi connectivity index (χ1n) is 24.2. The van der Waals surface area contributed by atoms with Gasteiger partial charge in [0.2, 0.25) is 59.1 Å². The van der Waals surface area contributed by atoms with E-state index in [1.807, 2.05) is 43.3 Å². The number of fused-ring (bicyclic) bond motifs is 1. The first kappa shape index (κ1) is 54.3. The van der Waals surface area contributed by atoms with Crippen molar-refractivity contribution in [3.8, 4) is 0 Å². The number of unbranched alkanes of at least 4 members (excludes halogenated alkanes) is 1. The van der Waals surface area contributed by atoms with E-state index in [1.165, 1.54) is 23.6 Å². The second-order valence-electron chi connectivity index (χ2n) is 18.6. The Hall–Kier alpha value is -6.62. The fraction of sp³-hybridized carbons (Fsp3) is 0.617. The number of aromatic amines is 1. The van der Waals surface area contributed by atoms with Crippen molar-refractivity contribution in [1.82, 2.24) is 56.9 Å². The van der Waals surface area contributed by atoms with Crippen LogP contribution < -0.4 is 43.0 Å². The molecule has 1 aromatic heterocycles. The van der Waals surface area contributed by atoms with Crippen LogP contribution in [-0.4, -0.2) is 179 Å². The Morgan fingerprint density at radius 3 is 2.14 bits per heavy atom. The average Bonchev–Trinajstić information content (AvgIpc) is 4.12. The molecule has 0 unspecified atom stereocenters. The number of aliphatic hydroxyl groups excluding tert-OH is 1. The zero-order valence-electron chi connectivity index (χ0n) is 40.5. The van der Waals surface area contributed by atoms with Crippen molar-refractivity contribution in [2.75, 3.05) is 46.9 Å². The molecule has 3 aliphatic rings. The maximum Gasteiger partial charge on any atom is 0.248 e. The second kappa shape index (κ2) is 25.8. The fourth-order valence-electron chi connectivity index (χ4n) is 9.08. The topological polar surface area (TPSA) is 327 Å². The molecule has 70 heavy (non-hydrogen) atoms. The smallest absolute Gasteiger partial charge is 0.248 e. The zero-order valence-corrected chi connectivity index (χ0v) is 40.5. The van der Waals surface area contributed by atoms with Crippen LogP contribution in [0, 0.1) is 0 Å². The molecule has 3 aliphatic heterocycles. The summed E-state index contributed by atoms with van der Waals surface area (Å²) in [5.41, 5.74) is 7.15. The molecular weight excluding hydrogens is 909 g/mol. The number of H-pyrrole nitrogens is 1. The highest BCUT2D eigenvalue weighted by molar-refractivity contribution is 5.99. The maximum absolute atomic E-state index is 14.3. The monoisotopic (exact) mass is 979 g/mol. The summed E-state index contributed by atoms with van der Waals surface area (Å²) in [6, 6.07) is -2.31. The van der Waals surface area contributed by atoms with E-state index in [0.29, 0.717) is 37.8 Å². The molecule has 4 heterocycles. The minimum absolute atomic E-state index is 0.0160. The van der Waals surface area contributed by atoms with Crippen molar-refractivity contribution in [3.05, 3.63) is 36.0 Å². The quantitative estimate of drug-likeness (QED) is 0.0991. The number of primary amides is 1. The second-order valence-corrected chi connectivity index (χ2v) is 18.6. The van der Waals surface area contributed by atoms with Gasteiger partial charge in [-0.2, -0.15) is 0 Å². The lowest BCUT2D eigenvalue weighted by molar-refractivity contribution is -0.143. The number of aromatic nitrogens is 1. The van der Waals surface area contributed by atoms with Gasteiger partial charge in [0, 0.05) is 43.2 Å². The van der Waals surface area contributed by atoms with Crippen molar-refractivity contribution < 1.29 is 53.1 Å². The van der Waals surface area contributed by atoms with E-state index >= 15 is 0 Å². The van der Waals surface area contributed by atoms with Crippen LogP contribution in [0.25, 0.3) is 10.9 Å². The van der Waals surface area contributed by atoms with Gasteiger partial charge in [0.15, 0.2) is 0 Å². The van der Waals surface area contributed by atoms with Gasteiger partial charge < -0.3 is 67.7 Å². The first-order chi connectivity index (χ1) is 33.4. The summed E-state index contributed by atoms with van der Waals surface area (Å²) in [7, 11) is 3.80. The highest BCUT2D eigenvalue weighted by Gasteiger charge is 2.40. The lowest BCUT2D eigenvalue weighted by Crippen LogP contribution is -2.59. The van der Waals surface area contributed by atoms with Gasteiger partial charge in [-0.15, -0.1) is 0 Å². The number of likely N-dealkylation sites (tertiary alicyclic amines) is 2.